The fourth-order valence-electron chi connectivity index (χ4n) is 3.97. The van der Waals surface area contributed by atoms with Crippen LogP contribution in [0.15, 0.2) is 24.3 Å². The summed E-state index contributed by atoms with van der Waals surface area (Å²) in [6.07, 6.45) is 11.4. The van der Waals surface area contributed by atoms with Crippen molar-refractivity contribution in [3.8, 4) is 5.75 Å². The molecule has 1 heteroatoms. The van der Waals surface area contributed by atoms with Crippen LogP contribution >= 0.6 is 0 Å². The SMILES string of the molecule is CCCCCC1CCC(C(C)c2ccc(OCC)cc2)CC1. The molecule has 1 nitrogen and oxygen atoms in total. The van der Waals surface area contributed by atoms with Gasteiger partial charge in [-0.25, -0.2) is 0 Å². The molecule has 22 heavy (non-hydrogen) atoms. The van der Waals surface area contributed by atoms with Gasteiger partial charge in [0.15, 0.2) is 0 Å². The van der Waals surface area contributed by atoms with Gasteiger partial charge in [0.05, 0.1) is 6.61 Å². The van der Waals surface area contributed by atoms with Crippen LogP contribution in [0.2, 0.25) is 0 Å². The summed E-state index contributed by atoms with van der Waals surface area (Å²) in [5, 5.41) is 0. The lowest BCUT2D eigenvalue weighted by Crippen LogP contribution is -2.19. The summed E-state index contributed by atoms with van der Waals surface area (Å²) < 4.78 is 5.55. The van der Waals surface area contributed by atoms with Crippen LogP contribution in [-0.2, 0) is 0 Å². The zero-order valence-corrected chi connectivity index (χ0v) is 14.8. The third kappa shape index (κ3) is 5.04. The molecular formula is C21H34O. The Morgan fingerprint density at radius 1 is 1.00 bits per heavy atom. The number of rotatable bonds is 8. The van der Waals surface area contributed by atoms with Gasteiger partial charge < -0.3 is 4.74 Å². The van der Waals surface area contributed by atoms with Crippen LogP contribution in [0, 0.1) is 11.8 Å². The number of hydrogen-bond donors (Lipinski definition) is 0. The molecular weight excluding hydrogens is 268 g/mol. The standard InChI is InChI=1S/C21H34O/c1-4-6-7-8-18-9-11-19(12-10-18)17(3)20-13-15-21(16-14-20)22-5-2/h13-19H,4-12H2,1-3H3. The van der Waals surface area contributed by atoms with Crippen molar-refractivity contribution < 1.29 is 4.74 Å². The molecule has 0 heterocycles. The summed E-state index contributed by atoms with van der Waals surface area (Å²) in [6.45, 7) is 7.50. The normalized spacial score (nSPS) is 23.2. The number of hydrogen-bond acceptors (Lipinski definition) is 1. The molecule has 0 radical (unpaired) electrons. The predicted molar refractivity (Wildman–Crippen MR) is 95.6 cm³/mol. The van der Waals surface area contributed by atoms with Crippen LogP contribution in [0.1, 0.15) is 83.6 Å². The Balaban J connectivity index is 1.80. The summed E-state index contributed by atoms with van der Waals surface area (Å²) in [5.41, 5.74) is 1.48. The first kappa shape index (κ1) is 17.4. The number of ether oxygens (including phenoxy) is 1. The maximum absolute atomic E-state index is 5.55. The van der Waals surface area contributed by atoms with Crippen molar-refractivity contribution in [1.29, 1.82) is 0 Å². The van der Waals surface area contributed by atoms with E-state index in [4.69, 9.17) is 4.74 Å². The van der Waals surface area contributed by atoms with Gasteiger partial charge in [0, 0.05) is 0 Å². The van der Waals surface area contributed by atoms with Gasteiger partial charge >= 0.3 is 0 Å². The summed E-state index contributed by atoms with van der Waals surface area (Å²) in [7, 11) is 0. The lowest BCUT2D eigenvalue weighted by atomic mass is 9.73. The average Bonchev–Trinajstić information content (AvgIpc) is 2.56. The van der Waals surface area contributed by atoms with Crippen molar-refractivity contribution in [2.24, 2.45) is 11.8 Å². The first-order chi connectivity index (χ1) is 10.7. The van der Waals surface area contributed by atoms with E-state index in [0.717, 1.165) is 24.2 Å². The second-order valence-electron chi connectivity index (χ2n) is 7.07. The zero-order chi connectivity index (χ0) is 15.8. The molecule has 0 N–H and O–H groups in total. The van der Waals surface area contributed by atoms with Gasteiger partial charge in [-0.15, -0.1) is 0 Å². The van der Waals surface area contributed by atoms with Gasteiger partial charge in [-0.3, -0.25) is 0 Å². The van der Waals surface area contributed by atoms with Gasteiger partial charge in [0.25, 0.3) is 0 Å². The smallest absolute Gasteiger partial charge is 0.119 e. The minimum Gasteiger partial charge on any atom is -0.494 e. The molecule has 0 aliphatic heterocycles. The molecule has 124 valence electrons. The number of benzene rings is 1. The van der Waals surface area contributed by atoms with Crippen molar-refractivity contribution in [3.63, 3.8) is 0 Å². The Labute approximate surface area is 137 Å². The minimum absolute atomic E-state index is 0.687. The summed E-state index contributed by atoms with van der Waals surface area (Å²) >= 11 is 0. The molecule has 1 aliphatic rings. The van der Waals surface area contributed by atoms with E-state index in [0.29, 0.717) is 5.92 Å². The maximum Gasteiger partial charge on any atom is 0.119 e. The van der Waals surface area contributed by atoms with Crippen molar-refractivity contribution in [1.82, 2.24) is 0 Å². The van der Waals surface area contributed by atoms with Crippen molar-refractivity contribution in [2.45, 2.75) is 78.1 Å². The predicted octanol–water partition coefficient (Wildman–Crippen LogP) is 6.58. The van der Waals surface area contributed by atoms with Gasteiger partial charge in [-0.1, -0.05) is 64.5 Å². The largest absolute Gasteiger partial charge is 0.494 e. The van der Waals surface area contributed by atoms with Gasteiger partial charge in [-0.05, 0) is 55.2 Å². The third-order valence-electron chi connectivity index (χ3n) is 5.53. The molecule has 1 unspecified atom stereocenters. The Morgan fingerprint density at radius 2 is 1.68 bits per heavy atom. The second kappa shape index (κ2) is 9.22. The molecule has 1 atom stereocenters. The lowest BCUT2D eigenvalue weighted by molar-refractivity contribution is 0.236. The van der Waals surface area contributed by atoms with Gasteiger partial charge in [0.1, 0.15) is 5.75 Å². The summed E-state index contributed by atoms with van der Waals surface area (Å²) in [4.78, 5) is 0. The van der Waals surface area contributed by atoms with E-state index in [1.54, 1.807) is 0 Å². The highest BCUT2D eigenvalue weighted by Crippen LogP contribution is 2.39. The van der Waals surface area contributed by atoms with Gasteiger partial charge in [-0.2, -0.15) is 0 Å². The molecule has 1 aliphatic carbocycles. The second-order valence-corrected chi connectivity index (χ2v) is 7.07. The lowest BCUT2D eigenvalue weighted by Gasteiger charge is -2.32. The van der Waals surface area contributed by atoms with E-state index in [1.165, 1.54) is 56.9 Å². The molecule has 0 saturated heterocycles. The Hall–Kier alpha value is -0.980. The van der Waals surface area contributed by atoms with Crippen molar-refractivity contribution >= 4 is 0 Å². The van der Waals surface area contributed by atoms with Crippen LogP contribution < -0.4 is 4.74 Å². The van der Waals surface area contributed by atoms with E-state index in [9.17, 15) is 0 Å². The summed E-state index contributed by atoms with van der Waals surface area (Å²) in [6, 6.07) is 8.80. The zero-order valence-electron chi connectivity index (χ0n) is 14.8. The molecule has 0 spiro atoms. The van der Waals surface area contributed by atoms with Crippen LogP contribution in [0.3, 0.4) is 0 Å². The van der Waals surface area contributed by atoms with Crippen molar-refractivity contribution in [2.75, 3.05) is 6.61 Å². The molecule has 1 saturated carbocycles. The Bertz CT molecular complexity index is 400. The highest BCUT2D eigenvalue weighted by Gasteiger charge is 2.25. The van der Waals surface area contributed by atoms with E-state index < -0.39 is 0 Å². The van der Waals surface area contributed by atoms with E-state index >= 15 is 0 Å². The highest BCUT2D eigenvalue weighted by atomic mass is 16.5. The van der Waals surface area contributed by atoms with Crippen molar-refractivity contribution in [3.05, 3.63) is 29.8 Å². The Morgan fingerprint density at radius 3 is 2.27 bits per heavy atom. The van der Waals surface area contributed by atoms with E-state index in [2.05, 4.69) is 38.1 Å². The quantitative estimate of drug-likeness (QED) is 0.493. The van der Waals surface area contributed by atoms with Crippen LogP contribution in [0.4, 0.5) is 0 Å². The molecule has 0 amide bonds. The van der Waals surface area contributed by atoms with E-state index in [-0.39, 0.29) is 0 Å². The Kier molecular flexibility index (Phi) is 7.29. The topological polar surface area (TPSA) is 9.23 Å². The van der Waals surface area contributed by atoms with Gasteiger partial charge in [0.2, 0.25) is 0 Å². The molecule has 0 bridgehead atoms. The first-order valence-corrected chi connectivity index (χ1v) is 9.47. The fraction of sp³-hybridized carbons (Fsp3) is 0.714. The molecule has 2 rings (SSSR count). The molecule has 0 aromatic heterocycles. The minimum atomic E-state index is 0.687. The molecule has 1 fully saturated rings. The fourth-order valence-corrected chi connectivity index (χ4v) is 3.97. The van der Waals surface area contributed by atoms with Crippen LogP contribution in [0.25, 0.3) is 0 Å². The summed E-state index contributed by atoms with van der Waals surface area (Å²) in [5.74, 6) is 3.57. The van der Waals surface area contributed by atoms with E-state index in [1.807, 2.05) is 6.92 Å². The van der Waals surface area contributed by atoms with Crippen LogP contribution in [-0.4, -0.2) is 6.61 Å². The third-order valence-corrected chi connectivity index (χ3v) is 5.53. The highest BCUT2D eigenvalue weighted by molar-refractivity contribution is 5.29. The average molecular weight is 303 g/mol. The maximum atomic E-state index is 5.55. The first-order valence-electron chi connectivity index (χ1n) is 9.47. The number of unbranched alkanes of at least 4 members (excludes halogenated alkanes) is 2. The monoisotopic (exact) mass is 302 g/mol. The molecule has 1 aromatic rings. The molecule has 1 aromatic carbocycles. The van der Waals surface area contributed by atoms with Crippen LogP contribution in [0.5, 0.6) is 5.75 Å².